The molecule has 27 heavy (non-hydrogen) atoms. The smallest absolute Gasteiger partial charge is 0.348 e. The van der Waals surface area contributed by atoms with Crippen LogP contribution in [0.4, 0.5) is 14.6 Å². The van der Waals surface area contributed by atoms with Gasteiger partial charge < -0.3 is 19.9 Å². The van der Waals surface area contributed by atoms with Crippen LogP contribution in [0.1, 0.15) is 11.3 Å². The molecule has 9 heteroatoms. The molecule has 0 saturated carbocycles. The largest absolute Gasteiger partial charge is 0.710 e. The molecule has 0 aliphatic heterocycles. The van der Waals surface area contributed by atoms with Crippen molar-refractivity contribution in [3.63, 3.8) is 0 Å². The van der Waals surface area contributed by atoms with Crippen molar-refractivity contribution in [2.24, 2.45) is 0 Å². The third kappa shape index (κ3) is 3.23. The van der Waals surface area contributed by atoms with E-state index in [1.165, 1.54) is 21.1 Å². The molecule has 1 N–H and O–H groups in total. The predicted molar refractivity (Wildman–Crippen MR) is 93.4 cm³/mol. The molecule has 3 rings (SSSR count). The quantitative estimate of drug-likeness (QED) is 0.545. The molecule has 0 saturated heterocycles. The fourth-order valence-corrected chi connectivity index (χ4v) is 2.77. The molecule has 0 aliphatic carbocycles. The molecule has 1 heterocycles. The molecular weight excluding hydrogens is 360 g/mol. The molecule has 3 aromatic rings. The molecule has 0 radical (unpaired) electrons. The lowest BCUT2D eigenvalue weighted by Gasteiger charge is -2.15. The van der Waals surface area contributed by atoms with Gasteiger partial charge in [0.15, 0.2) is 23.1 Å². The van der Waals surface area contributed by atoms with Crippen LogP contribution in [0.5, 0.6) is 11.5 Å². The summed E-state index contributed by atoms with van der Waals surface area (Å²) in [7, 11) is 3.02. The van der Waals surface area contributed by atoms with Crippen LogP contribution in [0, 0.1) is 29.0 Å². The first-order valence-electron chi connectivity index (χ1n) is 7.96. The molecule has 2 aromatic carbocycles. The first-order chi connectivity index (χ1) is 12.9. The van der Waals surface area contributed by atoms with Crippen molar-refractivity contribution < 1.29 is 27.7 Å². The third-order valence-corrected chi connectivity index (χ3v) is 4.21. The van der Waals surface area contributed by atoms with Gasteiger partial charge in [-0.05, 0) is 17.7 Å². The summed E-state index contributed by atoms with van der Waals surface area (Å²) in [4.78, 5) is 0. The average Bonchev–Trinajstić information content (AvgIpc) is 2.67. The predicted octanol–water partition coefficient (Wildman–Crippen LogP) is 2.32. The van der Waals surface area contributed by atoms with Crippen LogP contribution in [-0.4, -0.2) is 14.2 Å². The number of hydrogen-bond donors (Lipinski definition) is 1. The number of fused-ring (bicyclic) bond motifs is 1. The standard InChI is InChI=1S/C18H17F2N3O4/c1-10-18(21-9-11-4-5-16(26-2)17(6-11)27-3)23(25)15-8-13(20)12(19)7-14(15)22(10)24/h4-8,21H,9H2,1-3H3. The van der Waals surface area contributed by atoms with Crippen molar-refractivity contribution in [3.8, 4) is 11.5 Å². The van der Waals surface area contributed by atoms with E-state index in [1.807, 2.05) is 0 Å². The van der Waals surface area contributed by atoms with E-state index in [1.54, 1.807) is 18.2 Å². The zero-order valence-electron chi connectivity index (χ0n) is 14.9. The van der Waals surface area contributed by atoms with Crippen LogP contribution in [0.3, 0.4) is 0 Å². The number of rotatable bonds is 5. The second kappa shape index (κ2) is 7.10. The van der Waals surface area contributed by atoms with Gasteiger partial charge >= 0.3 is 5.82 Å². The Kier molecular flexibility index (Phi) is 4.85. The molecule has 0 aliphatic rings. The highest BCUT2D eigenvalue weighted by Gasteiger charge is 2.25. The van der Waals surface area contributed by atoms with Gasteiger partial charge in [-0.1, -0.05) is 6.07 Å². The number of ether oxygens (including phenoxy) is 2. The van der Waals surface area contributed by atoms with Gasteiger partial charge in [0.05, 0.1) is 20.3 Å². The number of benzene rings is 2. The van der Waals surface area contributed by atoms with E-state index in [2.05, 4.69) is 5.32 Å². The van der Waals surface area contributed by atoms with Gasteiger partial charge in [-0.25, -0.2) is 13.5 Å². The number of nitrogens with one attached hydrogen (secondary N) is 1. The molecule has 0 amide bonds. The minimum absolute atomic E-state index is 0.0315. The maximum atomic E-state index is 13.5. The summed E-state index contributed by atoms with van der Waals surface area (Å²) in [5, 5.41) is 27.8. The van der Waals surface area contributed by atoms with Crippen molar-refractivity contribution in [2.45, 2.75) is 13.5 Å². The number of hydrogen-bond acceptors (Lipinski definition) is 5. The Labute approximate surface area is 153 Å². The van der Waals surface area contributed by atoms with E-state index < -0.39 is 11.6 Å². The Morgan fingerprint density at radius 2 is 1.52 bits per heavy atom. The van der Waals surface area contributed by atoms with Gasteiger partial charge in [-0.2, -0.15) is 4.73 Å². The van der Waals surface area contributed by atoms with Crippen LogP contribution in [0.25, 0.3) is 11.0 Å². The SMILES string of the molecule is COc1ccc(CNc2c(C)[n+]([O-])c3cc(F)c(F)cc3[n+]2[O-])cc1OC. The maximum absolute atomic E-state index is 13.5. The molecule has 142 valence electrons. The number of methoxy groups -OCH3 is 2. The highest BCUT2D eigenvalue weighted by atomic mass is 19.2. The van der Waals surface area contributed by atoms with Gasteiger partial charge in [0.25, 0.3) is 11.2 Å². The van der Waals surface area contributed by atoms with Gasteiger partial charge in [0.1, 0.15) is 6.54 Å². The van der Waals surface area contributed by atoms with E-state index >= 15 is 0 Å². The van der Waals surface area contributed by atoms with Gasteiger partial charge in [-0.3, -0.25) is 5.32 Å². The summed E-state index contributed by atoms with van der Waals surface area (Å²) in [6.45, 7) is 1.61. The summed E-state index contributed by atoms with van der Waals surface area (Å²) < 4.78 is 38.1. The van der Waals surface area contributed by atoms with Gasteiger partial charge in [0, 0.05) is 13.0 Å². The Morgan fingerprint density at radius 3 is 2.11 bits per heavy atom. The molecule has 1 aromatic heterocycles. The van der Waals surface area contributed by atoms with Gasteiger partial charge in [-0.15, -0.1) is 0 Å². The van der Waals surface area contributed by atoms with E-state index in [9.17, 15) is 19.2 Å². The van der Waals surface area contributed by atoms with Crippen LogP contribution < -0.4 is 24.3 Å². The lowest BCUT2D eigenvalue weighted by atomic mass is 10.2. The lowest BCUT2D eigenvalue weighted by molar-refractivity contribution is -0.623. The molecular formula is C18H17F2N3O4. The Balaban J connectivity index is 1.99. The van der Waals surface area contributed by atoms with Crippen molar-refractivity contribution in [2.75, 3.05) is 19.5 Å². The number of nitrogens with zero attached hydrogens (tertiary/aromatic N) is 2. The number of anilines is 1. The maximum Gasteiger partial charge on any atom is 0.348 e. The molecule has 0 unspecified atom stereocenters. The monoisotopic (exact) mass is 377 g/mol. The van der Waals surface area contributed by atoms with E-state index in [4.69, 9.17) is 9.47 Å². The van der Waals surface area contributed by atoms with Crippen molar-refractivity contribution >= 4 is 16.9 Å². The first-order valence-corrected chi connectivity index (χ1v) is 7.96. The normalized spacial score (nSPS) is 10.9. The molecule has 0 spiro atoms. The van der Waals surface area contributed by atoms with Gasteiger partial charge in [0.2, 0.25) is 5.52 Å². The fourth-order valence-electron chi connectivity index (χ4n) is 2.77. The van der Waals surface area contributed by atoms with Crippen LogP contribution >= 0.6 is 0 Å². The summed E-state index contributed by atoms with van der Waals surface area (Å²) in [6.07, 6.45) is 0. The van der Waals surface area contributed by atoms with E-state index in [0.717, 1.165) is 5.56 Å². The van der Waals surface area contributed by atoms with Crippen LogP contribution in [-0.2, 0) is 6.54 Å². The molecule has 0 atom stereocenters. The van der Waals surface area contributed by atoms with E-state index in [-0.39, 0.29) is 29.1 Å². The molecule has 7 nitrogen and oxygen atoms in total. The number of halogens is 2. The summed E-state index contributed by atoms with van der Waals surface area (Å²) in [5.74, 6) is -1.40. The highest BCUT2D eigenvalue weighted by Crippen LogP contribution is 2.28. The van der Waals surface area contributed by atoms with Crippen molar-refractivity contribution in [1.29, 1.82) is 0 Å². The summed E-state index contributed by atoms with van der Waals surface area (Å²) in [5.41, 5.74) is 0.265. The zero-order chi connectivity index (χ0) is 19.7. The fraction of sp³-hybridized carbons (Fsp3) is 0.222. The van der Waals surface area contributed by atoms with Crippen molar-refractivity contribution in [1.82, 2.24) is 0 Å². The Hall–Kier alpha value is -3.36. The molecule has 0 fully saturated rings. The zero-order valence-corrected chi connectivity index (χ0v) is 14.9. The lowest BCUT2D eigenvalue weighted by Crippen LogP contribution is -2.43. The third-order valence-electron chi connectivity index (χ3n) is 4.21. The van der Waals surface area contributed by atoms with Crippen LogP contribution in [0.2, 0.25) is 0 Å². The molecule has 0 bridgehead atoms. The second-order valence-corrected chi connectivity index (χ2v) is 5.82. The second-order valence-electron chi connectivity index (χ2n) is 5.82. The minimum Gasteiger partial charge on any atom is -0.710 e. The number of aromatic nitrogens is 2. The highest BCUT2D eigenvalue weighted by molar-refractivity contribution is 5.69. The Bertz CT molecular complexity index is 1030. The van der Waals surface area contributed by atoms with E-state index in [0.29, 0.717) is 33.1 Å². The average molecular weight is 377 g/mol. The van der Waals surface area contributed by atoms with Crippen LogP contribution in [0.15, 0.2) is 30.3 Å². The summed E-state index contributed by atoms with van der Waals surface area (Å²) in [6, 6.07) is 6.60. The Morgan fingerprint density at radius 1 is 0.926 bits per heavy atom. The minimum atomic E-state index is -1.21. The van der Waals surface area contributed by atoms with Crippen molar-refractivity contribution in [3.05, 3.63) is 63.6 Å². The summed E-state index contributed by atoms with van der Waals surface area (Å²) >= 11 is 0. The first kappa shape index (κ1) is 18.4. The topological polar surface area (TPSA) is 84.4 Å².